The van der Waals surface area contributed by atoms with Crippen molar-refractivity contribution in [3.05, 3.63) is 35.7 Å². The van der Waals surface area contributed by atoms with E-state index in [-0.39, 0.29) is 11.9 Å². The van der Waals surface area contributed by atoms with Crippen LogP contribution >= 0.6 is 11.8 Å². The van der Waals surface area contributed by atoms with Gasteiger partial charge in [-0.3, -0.25) is 4.79 Å². The van der Waals surface area contributed by atoms with Crippen LogP contribution in [0.5, 0.6) is 0 Å². The van der Waals surface area contributed by atoms with Crippen molar-refractivity contribution in [3.8, 4) is 0 Å². The lowest BCUT2D eigenvalue weighted by molar-refractivity contribution is -0.134. The van der Waals surface area contributed by atoms with Gasteiger partial charge in [-0.25, -0.2) is 4.79 Å². The van der Waals surface area contributed by atoms with Crippen LogP contribution in [0.4, 0.5) is 5.69 Å². The van der Waals surface area contributed by atoms with E-state index >= 15 is 0 Å². The average Bonchev–Trinajstić information content (AvgIpc) is 2.30. The smallest absolute Gasteiger partial charge is 0.330 e. The maximum Gasteiger partial charge on any atom is 0.330 e. The zero-order chi connectivity index (χ0) is 12.7. The van der Waals surface area contributed by atoms with Gasteiger partial charge in [0.15, 0.2) is 0 Å². The number of carbonyl (C=O) groups is 2. The lowest BCUT2D eigenvalue weighted by Gasteiger charge is -2.02. The first kappa shape index (κ1) is 13.3. The van der Waals surface area contributed by atoms with Crippen LogP contribution in [0, 0.1) is 0 Å². The summed E-state index contributed by atoms with van der Waals surface area (Å²) in [5.74, 6) is -0.483. The molecule has 4 nitrogen and oxygen atoms in total. The van der Waals surface area contributed by atoms with Gasteiger partial charge in [0.2, 0.25) is 5.91 Å². The van der Waals surface area contributed by atoms with E-state index in [9.17, 15) is 9.59 Å². The summed E-state index contributed by atoms with van der Waals surface area (Å²) in [4.78, 5) is 22.6. The second-order valence-corrected chi connectivity index (χ2v) is 4.13. The van der Waals surface area contributed by atoms with Gasteiger partial charge in [0.05, 0.1) is 7.11 Å². The van der Waals surface area contributed by atoms with Gasteiger partial charge >= 0.3 is 5.97 Å². The molecule has 1 amide bonds. The topological polar surface area (TPSA) is 55.4 Å². The maximum atomic E-state index is 10.8. The predicted octanol–water partition coefficient (Wildman–Crippen LogP) is 2.42. The van der Waals surface area contributed by atoms with Gasteiger partial charge in [0.1, 0.15) is 0 Å². The van der Waals surface area contributed by atoms with Crippen molar-refractivity contribution in [1.29, 1.82) is 0 Å². The van der Waals surface area contributed by atoms with Crippen LogP contribution in [0.25, 0.3) is 0 Å². The Labute approximate surface area is 104 Å². The van der Waals surface area contributed by atoms with Crippen molar-refractivity contribution in [2.75, 3.05) is 12.4 Å². The third kappa shape index (κ3) is 5.21. The van der Waals surface area contributed by atoms with Gasteiger partial charge in [0, 0.05) is 23.6 Å². The fourth-order valence-corrected chi connectivity index (χ4v) is 1.69. The summed E-state index contributed by atoms with van der Waals surface area (Å²) in [6.45, 7) is 1.46. The molecule has 0 heterocycles. The average molecular weight is 251 g/mol. The molecule has 0 aromatic heterocycles. The minimum atomic E-state index is -0.382. The number of benzene rings is 1. The Kier molecular flexibility index (Phi) is 5.29. The molecular formula is C12H13NO3S. The van der Waals surface area contributed by atoms with Crippen LogP contribution in [0.15, 0.2) is 40.6 Å². The maximum absolute atomic E-state index is 10.8. The molecular weight excluding hydrogens is 238 g/mol. The molecule has 0 unspecified atom stereocenters. The zero-order valence-corrected chi connectivity index (χ0v) is 10.4. The summed E-state index contributed by atoms with van der Waals surface area (Å²) >= 11 is 1.40. The summed E-state index contributed by atoms with van der Waals surface area (Å²) < 4.78 is 4.46. The van der Waals surface area contributed by atoms with E-state index < -0.39 is 0 Å². The Bertz CT molecular complexity index is 426. The number of amides is 1. The number of anilines is 1. The molecule has 0 fully saturated rings. The Balaban J connectivity index is 2.53. The number of ether oxygens (including phenoxy) is 1. The highest BCUT2D eigenvalue weighted by atomic mass is 32.2. The third-order valence-corrected chi connectivity index (χ3v) is 2.60. The number of carbonyl (C=O) groups excluding carboxylic acids is 2. The highest BCUT2D eigenvalue weighted by Crippen LogP contribution is 2.21. The molecule has 1 N–H and O–H groups in total. The number of nitrogens with one attached hydrogen (secondary N) is 1. The van der Waals surface area contributed by atoms with Gasteiger partial charge in [-0.2, -0.15) is 0 Å². The molecule has 1 aromatic rings. The molecule has 0 saturated carbocycles. The van der Waals surface area contributed by atoms with E-state index in [1.54, 1.807) is 17.5 Å². The molecule has 0 spiro atoms. The van der Waals surface area contributed by atoms with Gasteiger partial charge in [-0.15, -0.1) is 0 Å². The van der Waals surface area contributed by atoms with Crippen molar-refractivity contribution in [2.45, 2.75) is 11.8 Å². The van der Waals surface area contributed by atoms with Gasteiger partial charge in [-0.05, 0) is 29.7 Å². The Morgan fingerprint density at radius 1 is 1.29 bits per heavy atom. The summed E-state index contributed by atoms with van der Waals surface area (Å²) in [5, 5.41) is 4.33. The normalized spacial score (nSPS) is 10.2. The lowest BCUT2D eigenvalue weighted by Crippen LogP contribution is -2.05. The molecule has 0 aliphatic heterocycles. The van der Waals surface area contributed by atoms with Crippen molar-refractivity contribution >= 4 is 29.3 Å². The fourth-order valence-electron chi connectivity index (χ4n) is 1.06. The van der Waals surface area contributed by atoms with E-state index in [2.05, 4.69) is 10.1 Å². The Hall–Kier alpha value is -1.75. The minimum Gasteiger partial charge on any atom is -0.466 e. The largest absolute Gasteiger partial charge is 0.466 e. The van der Waals surface area contributed by atoms with Gasteiger partial charge in [0.25, 0.3) is 0 Å². The standard InChI is InChI=1S/C12H13NO3S/c1-9(14)13-10-3-5-11(6-4-10)17-8-7-12(15)16-2/h3-8H,1-2H3,(H,13,14). The zero-order valence-electron chi connectivity index (χ0n) is 9.60. The highest BCUT2D eigenvalue weighted by Gasteiger charge is 1.96. The molecule has 17 heavy (non-hydrogen) atoms. The van der Waals surface area contributed by atoms with Crippen LogP contribution in [-0.4, -0.2) is 19.0 Å². The van der Waals surface area contributed by atoms with Gasteiger partial charge < -0.3 is 10.1 Å². The minimum absolute atomic E-state index is 0.101. The molecule has 0 aliphatic rings. The van der Waals surface area contributed by atoms with Crippen molar-refractivity contribution < 1.29 is 14.3 Å². The fraction of sp³-hybridized carbons (Fsp3) is 0.167. The predicted molar refractivity (Wildman–Crippen MR) is 67.8 cm³/mol. The molecule has 0 bridgehead atoms. The van der Waals surface area contributed by atoms with E-state index in [0.29, 0.717) is 0 Å². The van der Waals surface area contributed by atoms with E-state index in [1.165, 1.54) is 31.9 Å². The molecule has 90 valence electrons. The molecule has 0 aliphatic carbocycles. The number of methoxy groups -OCH3 is 1. The highest BCUT2D eigenvalue weighted by molar-refractivity contribution is 8.02. The van der Waals surface area contributed by atoms with Gasteiger partial charge in [-0.1, -0.05) is 11.8 Å². The second-order valence-electron chi connectivity index (χ2n) is 3.15. The van der Waals surface area contributed by atoms with Crippen molar-refractivity contribution in [2.24, 2.45) is 0 Å². The number of thioether (sulfide) groups is 1. The molecule has 1 rings (SSSR count). The molecule has 0 saturated heterocycles. The number of rotatable bonds is 4. The second kappa shape index (κ2) is 6.75. The number of hydrogen-bond acceptors (Lipinski definition) is 4. The third-order valence-electron chi connectivity index (χ3n) is 1.78. The summed E-state index contributed by atoms with van der Waals surface area (Å²) in [5.41, 5.74) is 0.749. The van der Waals surface area contributed by atoms with Crippen LogP contribution < -0.4 is 5.32 Å². The monoisotopic (exact) mass is 251 g/mol. The summed E-state index contributed by atoms with van der Waals surface area (Å²) in [6, 6.07) is 7.32. The molecule has 5 heteroatoms. The quantitative estimate of drug-likeness (QED) is 0.507. The van der Waals surface area contributed by atoms with Crippen LogP contribution in [0.1, 0.15) is 6.92 Å². The molecule has 1 aromatic carbocycles. The Morgan fingerprint density at radius 2 is 1.94 bits per heavy atom. The van der Waals surface area contributed by atoms with E-state index in [1.807, 2.05) is 12.1 Å². The molecule has 0 atom stereocenters. The molecule has 0 radical (unpaired) electrons. The number of hydrogen-bond donors (Lipinski definition) is 1. The van der Waals surface area contributed by atoms with E-state index in [0.717, 1.165) is 10.6 Å². The van der Waals surface area contributed by atoms with E-state index in [4.69, 9.17) is 0 Å². The van der Waals surface area contributed by atoms with Crippen LogP contribution in [0.2, 0.25) is 0 Å². The van der Waals surface area contributed by atoms with Crippen LogP contribution in [0.3, 0.4) is 0 Å². The SMILES string of the molecule is COC(=O)C=CSc1ccc(NC(C)=O)cc1. The van der Waals surface area contributed by atoms with Crippen LogP contribution in [-0.2, 0) is 14.3 Å². The van der Waals surface area contributed by atoms with Crippen molar-refractivity contribution in [1.82, 2.24) is 0 Å². The first-order valence-electron chi connectivity index (χ1n) is 4.90. The van der Waals surface area contributed by atoms with Crippen molar-refractivity contribution in [3.63, 3.8) is 0 Å². The first-order valence-corrected chi connectivity index (χ1v) is 5.78. The lowest BCUT2D eigenvalue weighted by atomic mass is 10.3. The first-order chi connectivity index (χ1) is 8.11. The Morgan fingerprint density at radius 3 is 2.47 bits per heavy atom. The number of esters is 1. The summed E-state index contributed by atoms with van der Waals surface area (Å²) in [7, 11) is 1.33. The summed E-state index contributed by atoms with van der Waals surface area (Å²) in [6.07, 6.45) is 1.35.